The van der Waals surface area contributed by atoms with Crippen molar-refractivity contribution in [2.75, 3.05) is 11.6 Å². The summed E-state index contributed by atoms with van der Waals surface area (Å²) in [6.45, 7) is 5.66. The average molecular weight is 377 g/mol. The molecule has 1 saturated heterocycles. The van der Waals surface area contributed by atoms with Crippen LogP contribution >= 0.6 is 11.8 Å². The SMILES string of the molecule is CC(C)(C)NC(=O)C1CSCN1C(=O)c1cc(-c2ccccc2F)on1. The second kappa shape index (κ2) is 7.11. The fourth-order valence-corrected chi connectivity index (χ4v) is 3.78. The Morgan fingerprint density at radius 1 is 1.35 bits per heavy atom. The molecule has 1 aliphatic heterocycles. The second-order valence-electron chi connectivity index (χ2n) is 7.09. The fourth-order valence-electron chi connectivity index (χ4n) is 2.62. The van der Waals surface area contributed by atoms with E-state index in [4.69, 9.17) is 4.52 Å². The molecule has 0 aliphatic carbocycles. The molecule has 3 rings (SSSR count). The van der Waals surface area contributed by atoms with Gasteiger partial charge in [0.25, 0.3) is 5.91 Å². The summed E-state index contributed by atoms with van der Waals surface area (Å²) in [5, 5.41) is 6.67. The van der Waals surface area contributed by atoms with Gasteiger partial charge < -0.3 is 14.7 Å². The molecule has 6 nitrogen and oxygen atoms in total. The molecular formula is C18H20FN3O3S. The minimum absolute atomic E-state index is 0.0549. The Balaban J connectivity index is 1.79. The Morgan fingerprint density at radius 3 is 2.77 bits per heavy atom. The predicted octanol–water partition coefficient (Wildman–Crippen LogP) is 2.91. The van der Waals surface area contributed by atoms with Gasteiger partial charge in [0, 0.05) is 17.4 Å². The van der Waals surface area contributed by atoms with Crippen LogP contribution in [0.15, 0.2) is 34.9 Å². The molecule has 1 fully saturated rings. The van der Waals surface area contributed by atoms with Gasteiger partial charge in [0.2, 0.25) is 5.91 Å². The van der Waals surface area contributed by atoms with Crippen molar-refractivity contribution < 1.29 is 18.5 Å². The van der Waals surface area contributed by atoms with Gasteiger partial charge in [0.05, 0.1) is 11.4 Å². The number of carbonyl (C=O) groups is 2. The van der Waals surface area contributed by atoms with Gasteiger partial charge in [-0.2, -0.15) is 0 Å². The third-order valence-electron chi connectivity index (χ3n) is 3.81. The second-order valence-corrected chi connectivity index (χ2v) is 8.09. The molecule has 1 atom stereocenters. The Bertz CT molecular complexity index is 831. The van der Waals surface area contributed by atoms with Crippen LogP contribution in [0.3, 0.4) is 0 Å². The van der Waals surface area contributed by atoms with Crippen molar-refractivity contribution in [2.45, 2.75) is 32.4 Å². The Morgan fingerprint density at radius 2 is 2.08 bits per heavy atom. The first-order valence-corrected chi connectivity index (χ1v) is 9.34. The van der Waals surface area contributed by atoms with E-state index in [0.717, 1.165) is 0 Å². The van der Waals surface area contributed by atoms with E-state index < -0.39 is 17.8 Å². The number of carbonyl (C=O) groups excluding carboxylic acids is 2. The number of thioether (sulfide) groups is 1. The Kier molecular flexibility index (Phi) is 5.04. The van der Waals surface area contributed by atoms with Gasteiger partial charge in [-0.25, -0.2) is 4.39 Å². The molecule has 2 aromatic rings. The quantitative estimate of drug-likeness (QED) is 0.890. The van der Waals surface area contributed by atoms with Crippen molar-refractivity contribution >= 4 is 23.6 Å². The van der Waals surface area contributed by atoms with E-state index in [1.807, 2.05) is 20.8 Å². The smallest absolute Gasteiger partial charge is 0.277 e. The molecule has 2 amide bonds. The number of hydrogen-bond donors (Lipinski definition) is 1. The molecule has 26 heavy (non-hydrogen) atoms. The minimum Gasteiger partial charge on any atom is -0.355 e. The molecule has 1 N–H and O–H groups in total. The van der Waals surface area contributed by atoms with Crippen molar-refractivity contribution in [3.05, 3.63) is 41.8 Å². The molecule has 2 heterocycles. The number of rotatable bonds is 3. The molecule has 1 unspecified atom stereocenters. The van der Waals surface area contributed by atoms with E-state index in [-0.39, 0.29) is 28.5 Å². The van der Waals surface area contributed by atoms with E-state index in [9.17, 15) is 14.0 Å². The van der Waals surface area contributed by atoms with Crippen molar-refractivity contribution in [1.82, 2.24) is 15.4 Å². The summed E-state index contributed by atoms with van der Waals surface area (Å²) < 4.78 is 19.0. The fraction of sp³-hybridized carbons (Fsp3) is 0.389. The molecule has 8 heteroatoms. The van der Waals surface area contributed by atoms with Crippen molar-refractivity contribution in [2.24, 2.45) is 0 Å². The summed E-state index contributed by atoms with van der Waals surface area (Å²) in [5.41, 5.74) is -0.0958. The van der Waals surface area contributed by atoms with Crippen molar-refractivity contribution in [3.8, 4) is 11.3 Å². The summed E-state index contributed by atoms with van der Waals surface area (Å²) in [6, 6.07) is 6.94. The molecule has 138 valence electrons. The zero-order valence-electron chi connectivity index (χ0n) is 14.8. The van der Waals surface area contributed by atoms with Crippen LogP contribution in [0, 0.1) is 5.82 Å². The maximum absolute atomic E-state index is 13.9. The number of halogens is 1. The summed E-state index contributed by atoms with van der Waals surface area (Å²) in [6.07, 6.45) is 0. The van der Waals surface area contributed by atoms with Crippen LogP contribution in [0.1, 0.15) is 31.3 Å². The standard InChI is InChI=1S/C18H20FN3O3S/c1-18(2,3)20-16(23)14-9-26-10-22(14)17(24)13-8-15(25-21-13)11-6-4-5-7-12(11)19/h4-8,14H,9-10H2,1-3H3,(H,20,23). The first-order valence-electron chi connectivity index (χ1n) is 8.18. The summed E-state index contributed by atoms with van der Waals surface area (Å²) in [7, 11) is 0. The zero-order chi connectivity index (χ0) is 18.9. The molecule has 0 spiro atoms. The van der Waals surface area contributed by atoms with E-state index in [1.165, 1.54) is 28.8 Å². The van der Waals surface area contributed by atoms with Gasteiger partial charge >= 0.3 is 0 Å². The highest BCUT2D eigenvalue weighted by Crippen LogP contribution is 2.27. The van der Waals surface area contributed by atoms with Crippen LogP contribution in [0.5, 0.6) is 0 Å². The van der Waals surface area contributed by atoms with Crippen LogP contribution < -0.4 is 5.32 Å². The monoisotopic (exact) mass is 377 g/mol. The first-order chi connectivity index (χ1) is 12.3. The maximum atomic E-state index is 13.9. The highest BCUT2D eigenvalue weighted by molar-refractivity contribution is 7.99. The highest BCUT2D eigenvalue weighted by atomic mass is 32.2. The third kappa shape index (κ3) is 3.90. The van der Waals surface area contributed by atoms with Crippen LogP contribution in [0.25, 0.3) is 11.3 Å². The van der Waals surface area contributed by atoms with Crippen LogP contribution in [0.4, 0.5) is 4.39 Å². The topological polar surface area (TPSA) is 75.4 Å². The number of hydrogen-bond acceptors (Lipinski definition) is 5. The van der Waals surface area contributed by atoms with E-state index in [2.05, 4.69) is 10.5 Å². The van der Waals surface area contributed by atoms with Gasteiger partial charge in [-0.3, -0.25) is 9.59 Å². The summed E-state index contributed by atoms with van der Waals surface area (Å²) >= 11 is 1.50. The lowest BCUT2D eigenvalue weighted by molar-refractivity contribution is -0.125. The van der Waals surface area contributed by atoms with Crippen LogP contribution in [-0.4, -0.2) is 45.1 Å². The first kappa shape index (κ1) is 18.4. The lowest BCUT2D eigenvalue weighted by Gasteiger charge is -2.27. The number of amides is 2. The molecule has 0 bridgehead atoms. The number of benzene rings is 1. The lowest BCUT2D eigenvalue weighted by atomic mass is 10.1. The number of nitrogens with zero attached hydrogens (tertiary/aromatic N) is 2. The summed E-state index contributed by atoms with van der Waals surface area (Å²) in [5.74, 6) is 0.0223. The van der Waals surface area contributed by atoms with Crippen molar-refractivity contribution in [3.63, 3.8) is 0 Å². The molecule has 1 aromatic carbocycles. The minimum atomic E-state index is -0.569. The largest absolute Gasteiger partial charge is 0.355 e. The van der Waals surface area contributed by atoms with Crippen molar-refractivity contribution in [1.29, 1.82) is 0 Å². The molecular weight excluding hydrogens is 357 g/mol. The van der Waals surface area contributed by atoms with Gasteiger partial charge in [-0.1, -0.05) is 17.3 Å². The molecule has 0 saturated carbocycles. The van der Waals surface area contributed by atoms with Gasteiger partial charge in [-0.15, -0.1) is 11.8 Å². The molecule has 1 aromatic heterocycles. The maximum Gasteiger partial charge on any atom is 0.277 e. The third-order valence-corrected chi connectivity index (χ3v) is 4.82. The Labute approximate surface area is 155 Å². The van der Waals surface area contributed by atoms with E-state index in [0.29, 0.717) is 11.6 Å². The van der Waals surface area contributed by atoms with Crippen LogP contribution in [-0.2, 0) is 4.79 Å². The van der Waals surface area contributed by atoms with E-state index >= 15 is 0 Å². The average Bonchev–Trinajstić information content (AvgIpc) is 3.23. The Hall–Kier alpha value is -2.35. The van der Waals surface area contributed by atoms with Crippen LogP contribution in [0.2, 0.25) is 0 Å². The van der Waals surface area contributed by atoms with Gasteiger partial charge in [0.1, 0.15) is 11.9 Å². The molecule has 1 aliphatic rings. The summed E-state index contributed by atoms with van der Waals surface area (Å²) in [4.78, 5) is 26.7. The van der Waals surface area contributed by atoms with Gasteiger partial charge in [0.15, 0.2) is 11.5 Å². The zero-order valence-corrected chi connectivity index (χ0v) is 15.6. The molecule has 0 radical (unpaired) electrons. The van der Waals surface area contributed by atoms with Gasteiger partial charge in [-0.05, 0) is 32.9 Å². The lowest BCUT2D eigenvalue weighted by Crippen LogP contribution is -2.52. The number of aromatic nitrogens is 1. The highest BCUT2D eigenvalue weighted by Gasteiger charge is 2.37. The van der Waals surface area contributed by atoms with E-state index in [1.54, 1.807) is 18.2 Å². The predicted molar refractivity (Wildman–Crippen MR) is 97.1 cm³/mol. The number of nitrogens with one attached hydrogen (secondary N) is 1. The normalized spacial score (nSPS) is 17.4.